The number of hydrogen-bond donors (Lipinski definition) is 1. The van der Waals surface area contributed by atoms with Gasteiger partial charge < -0.3 is 24.8 Å². The molecule has 0 radical (unpaired) electrons. The molecule has 2 N–H and O–H groups in total. The minimum absolute atomic E-state index is 0.0296. The second-order valence-corrected chi connectivity index (χ2v) is 8.34. The highest BCUT2D eigenvalue weighted by molar-refractivity contribution is 5.95. The average molecular weight is 463 g/mol. The number of rotatable bonds is 7. The van der Waals surface area contributed by atoms with Crippen molar-refractivity contribution in [2.24, 2.45) is 0 Å². The number of nitrogen functional groups attached to an aromatic ring is 1. The number of piperidine rings is 1. The molecule has 3 aromatic rings. The molecule has 1 saturated heterocycles. The highest BCUT2D eigenvalue weighted by atomic mass is 16.5. The van der Waals surface area contributed by atoms with Gasteiger partial charge in [-0.3, -0.25) is 4.79 Å². The highest BCUT2D eigenvalue weighted by Crippen LogP contribution is 2.30. The fourth-order valence-corrected chi connectivity index (χ4v) is 4.28. The Morgan fingerprint density at radius 2 is 1.53 bits per heavy atom. The SMILES string of the molecule is COc1ccc(Cc2cc(C3CCN(C(=O)c4cc(OC)cc(OC)c4)CC3)nc(N)n2)cc1. The minimum atomic E-state index is -0.0296. The molecule has 178 valence electrons. The predicted molar refractivity (Wildman–Crippen MR) is 130 cm³/mol. The Kier molecular flexibility index (Phi) is 7.15. The van der Waals surface area contributed by atoms with Gasteiger partial charge in [0.2, 0.25) is 5.95 Å². The first-order valence-electron chi connectivity index (χ1n) is 11.3. The van der Waals surface area contributed by atoms with Crippen molar-refractivity contribution in [1.29, 1.82) is 0 Å². The number of likely N-dealkylation sites (tertiary alicyclic amines) is 1. The lowest BCUT2D eigenvalue weighted by Gasteiger charge is -2.32. The van der Waals surface area contributed by atoms with Crippen molar-refractivity contribution in [2.75, 3.05) is 40.2 Å². The van der Waals surface area contributed by atoms with Crippen LogP contribution in [0.15, 0.2) is 48.5 Å². The van der Waals surface area contributed by atoms with Gasteiger partial charge in [-0.2, -0.15) is 0 Å². The van der Waals surface area contributed by atoms with Crippen molar-refractivity contribution >= 4 is 11.9 Å². The molecule has 1 aliphatic heterocycles. The number of benzene rings is 2. The predicted octanol–water partition coefficient (Wildman–Crippen LogP) is 3.70. The number of nitrogens with zero attached hydrogens (tertiary/aromatic N) is 3. The molecule has 1 fully saturated rings. The van der Waals surface area contributed by atoms with E-state index in [1.54, 1.807) is 39.5 Å². The van der Waals surface area contributed by atoms with E-state index in [-0.39, 0.29) is 17.8 Å². The van der Waals surface area contributed by atoms with Gasteiger partial charge >= 0.3 is 0 Å². The van der Waals surface area contributed by atoms with Crippen LogP contribution in [0.3, 0.4) is 0 Å². The highest BCUT2D eigenvalue weighted by Gasteiger charge is 2.26. The topological polar surface area (TPSA) is 99.8 Å². The van der Waals surface area contributed by atoms with Crippen molar-refractivity contribution < 1.29 is 19.0 Å². The molecular weight excluding hydrogens is 432 g/mol. The first-order valence-corrected chi connectivity index (χ1v) is 11.3. The van der Waals surface area contributed by atoms with Gasteiger partial charge in [0, 0.05) is 42.8 Å². The number of anilines is 1. The molecule has 4 rings (SSSR count). The van der Waals surface area contributed by atoms with Crippen molar-refractivity contribution in [3.8, 4) is 17.2 Å². The van der Waals surface area contributed by atoms with Crippen LogP contribution < -0.4 is 19.9 Å². The van der Waals surface area contributed by atoms with E-state index in [4.69, 9.17) is 19.9 Å². The fraction of sp³-hybridized carbons (Fsp3) is 0.346. The van der Waals surface area contributed by atoms with Gasteiger partial charge in [0.1, 0.15) is 17.2 Å². The van der Waals surface area contributed by atoms with E-state index in [1.807, 2.05) is 35.2 Å². The average Bonchev–Trinajstić information content (AvgIpc) is 2.88. The maximum absolute atomic E-state index is 13.1. The molecule has 2 aromatic carbocycles. The van der Waals surface area contributed by atoms with Crippen LogP contribution in [0, 0.1) is 0 Å². The van der Waals surface area contributed by atoms with Crippen LogP contribution in [0.2, 0.25) is 0 Å². The molecule has 0 spiro atoms. The number of carbonyl (C=O) groups is 1. The first-order chi connectivity index (χ1) is 16.5. The summed E-state index contributed by atoms with van der Waals surface area (Å²) in [4.78, 5) is 23.9. The first kappa shape index (κ1) is 23.4. The lowest BCUT2D eigenvalue weighted by molar-refractivity contribution is 0.0711. The molecule has 0 saturated carbocycles. The number of methoxy groups -OCH3 is 3. The Bertz CT molecular complexity index is 1120. The molecular formula is C26H30N4O4. The summed E-state index contributed by atoms with van der Waals surface area (Å²) >= 11 is 0. The quantitative estimate of drug-likeness (QED) is 0.571. The monoisotopic (exact) mass is 462 g/mol. The zero-order valence-corrected chi connectivity index (χ0v) is 19.8. The summed E-state index contributed by atoms with van der Waals surface area (Å²) in [7, 11) is 4.80. The van der Waals surface area contributed by atoms with Crippen LogP contribution in [-0.2, 0) is 6.42 Å². The summed E-state index contributed by atoms with van der Waals surface area (Å²) in [5.74, 6) is 2.49. The van der Waals surface area contributed by atoms with Crippen molar-refractivity contribution in [1.82, 2.24) is 14.9 Å². The summed E-state index contributed by atoms with van der Waals surface area (Å²) in [6.07, 6.45) is 2.29. The van der Waals surface area contributed by atoms with Gasteiger partial charge in [-0.05, 0) is 48.7 Å². The summed E-state index contributed by atoms with van der Waals surface area (Å²) < 4.78 is 15.8. The van der Waals surface area contributed by atoms with Crippen LogP contribution >= 0.6 is 0 Å². The zero-order chi connectivity index (χ0) is 24.1. The fourth-order valence-electron chi connectivity index (χ4n) is 4.28. The van der Waals surface area contributed by atoms with Gasteiger partial charge in [0.15, 0.2) is 0 Å². The standard InChI is InChI=1S/C26H30N4O4/c1-32-21-6-4-17(5-7-21)12-20-15-24(29-26(27)28-20)18-8-10-30(11-9-18)25(31)19-13-22(33-2)16-23(14-19)34-3/h4-7,13-16,18H,8-12H2,1-3H3,(H2,27,28,29). The molecule has 0 bridgehead atoms. The third-order valence-corrected chi connectivity index (χ3v) is 6.16. The summed E-state index contributed by atoms with van der Waals surface area (Å²) in [6.45, 7) is 1.28. The maximum atomic E-state index is 13.1. The number of amides is 1. The lowest BCUT2D eigenvalue weighted by atomic mass is 9.92. The van der Waals surface area contributed by atoms with Crippen molar-refractivity contribution in [3.63, 3.8) is 0 Å². The molecule has 0 unspecified atom stereocenters. The molecule has 8 heteroatoms. The molecule has 0 atom stereocenters. The minimum Gasteiger partial charge on any atom is -0.497 e. The Hall–Kier alpha value is -3.81. The Balaban J connectivity index is 1.43. The van der Waals surface area contributed by atoms with E-state index in [1.165, 1.54) is 0 Å². The molecule has 1 amide bonds. The van der Waals surface area contributed by atoms with Gasteiger partial charge in [0.25, 0.3) is 5.91 Å². The molecule has 0 aliphatic carbocycles. The molecule has 1 aromatic heterocycles. The van der Waals surface area contributed by atoms with E-state index in [0.29, 0.717) is 36.6 Å². The van der Waals surface area contributed by atoms with E-state index < -0.39 is 0 Å². The molecule has 2 heterocycles. The van der Waals surface area contributed by atoms with Crippen LogP contribution in [0.5, 0.6) is 17.2 Å². The summed E-state index contributed by atoms with van der Waals surface area (Å²) in [5.41, 5.74) is 9.54. The Morgan fingerprint density at radius 3 is 2.12 bits per heavy atom. The van der Waals surface area contributed by atoms with Crippen LogP contribution in [0.1, 0.15) is 46.1 Å². The van der Waals surface area contributed by atoms with Crippen molar-refractivity contribution in [3.05, 3.63) is 71.0 Å². The van der Waals surface area contributed by atoms with Gasteiger partial charge in [0.05, 0.1) is 27.0 Å². The molecule has 8 nitrogen and oxygen atoms in total. The Labute approximate surface area is 199 Å². The summed E-state index contributed by atoms with van der Waals surface area (Å²) in [5, 5.41) is 0. The van der Waals surface area contributed by atoms with Gasteiger partial charge in [-0.1, -0.05) is 12.1 Å². The number of ether oxygens (including phenoxy) is 3. The van der Waals surface area contributed by atoms with Crippen LogP contribution in [-0.4, -0.2) is 55.2 Å². The van der Waals surface area contributed by atoms with E-state index in [2.05, 4.69) is 9.97 Å². The zero-order valence-electron chi connectivity index (χ0n) is 19.8. The maximum Gasteiger partial charge on any atom is 0.254 e. The second kappa shape index (κ2) is 10.4. The van der Waals surface area contributed by atoms with Crippen LogP contribution in [0.4, 0.5) is 5.95 Å². The largest absolute Gasteiger partial charge is 0.497 e. The number of hydrogen-bond acceptors (Lipinski definition) is 7. The van der Waals surface area contributed by atoms with Crippen molar-refractivity contribution in [2.45, 2.75) is 25.2 Å². The van der Waals surface area contributed by atoms with E-state index in [0.717, 1.165) is 35.5 Å². The number of nitrogens with two attached hydrogens (primary N) is 1. The van der Waals surface area contributed by atoms with Crippen LogP contribution in [0.25, 0.3) is 0 Å². The second-order valence-electron chi connectivity index (χ2n) is 8.34. The van der Waals surface area contributed by atoms with E-state index >= 15 is 0 Å². The normalized spacial score (nSPS) is 14.0. The Morgan fingerprint density at radius 1 is 0.912 bits per heavy atom. The molecule has 1 aliphatic rings. The van der Waals surface area contributed by atoms with E-state index in [9.17, 15) is 4.79 Å². The number of carbonyl (C=O) groups excluding carboxylic acids is 1. The van der Waals surface area contributed by atoms with Gasteiger partial charge in [-0.25, -0.2) is 9.97 Å². The lowest BCUT2D eigenvalue weighted by Crippen LogP contribution is -2.38. The molecule has 34 heavy (non-hydrogen) atoms. The summed E-state index contributed by atoms with van der Waals surface area (Å²) in [6, 6.07) is 15.2. The third-order valence-electron chi connectivity index (χ3n) is 6.16. The smallest absolute Gasteiger partial charge is 0.254 e. The third kappa shape index (κ3) is 5.39. The van der Waals surface area contributed by atoms with Gasteiger partial charge in [-0.15, -0.1) is 0 Å². The number of aromatic nitrogens is 2.